The SMILES string of the molecule is C=CC(=O)N1CC(Cn2c(=O)c(=O)n(-c3c(C)ccnc3C(C)C)c3nc(-c4nc(N)cc(C)c4C(F)(F)F)c(Cl)cc32)C1. The Bertz CT molecular complexity index is 1960. The molecule has 0 atom stereocenters. The van der Waals surface area contributed by atoms with Crippen LogP contribution in [0.5, 0.6) is 0 Å². The number of alkyl halides is 3. The summed E-state index contributed by atoms with van der Waals surface area (Å²) in [5, 5.41) is -0.233. The Hall–Kier alpha value is -4.52. The molecule has 0 saturated carbocycles. The number of nitrogens with zero attached hydrogens (tertiary/aromatic N) is 6. The molecule has 2 N–H and O–H groups in total. The van der Waals surface area contributed by atoms with Gasteiger partial charge in [-0.2, -0.15) is 13.2 Å². The summed E-state index contributed by atoms with van der Waals surface area (Å²) in [5.41, 5.74) is 3.14. The Morgan fingerprint density at radius 2 is 1.82 bits per heavy atom. The molecule has 1 aliphatic rings. The third-order valence-electron chi connectivity index (χ3n) is 7.62. The van der Waals surface area contributed by atoms with Gasteiger partial charge in [-0.25, -0.2) is 9.97 Å². The van der Waals surface area contributed by atoms with Crippen molar-refractivity contribution in [3.05, 3.63) is 85.2 Å². The minimum absolute atomic E-state index is 0.0379. The van der Waals surface area contributed by atoms with Gasteiger partial charge in [-0.05, 0) is 55.2 Å². The van der Waals surface area contributed by atoms with Crippen molar-refractivity contribution >= 4 is 34.5 Å². The fraction of sp³-hybridized carbons (Fsp3) is 0.333. The van der Waals surface area contributed by atoms with Crippen molar-refractivity contribution < 1.29 is 18.0 Å². The van der Waals surface area contributed by atoms with Crippen LogP contribution in [0.4, 0.5) is 19.0 Å². The van der Waals surface area contributed by atoms with Gasteiger partial charge >= 0.3 is 17.3 Å². The van der Waals surface area contributed by atoms with E-state index in [4.69, 9.17) is 17.3 Å². The van der Waals surface area contributed by atoms with E-state index < -0.39 is 28.6 Å². The van der Waals surface area contributed by atoms with Gasteiger partial charge in [-0.3, -0.25) is 23.9 Å². The molecule has 0 radical (unpaired) electrons. The van der Waals surface area contributed by atoms with Crippen molar-refractivity contribution in [1.29, 1.82) is 0 Å². The molecule has 0 aromatic carbocycles. The maximum absolute atomic E-state index is 14.3. The quantitative estimate of drug-likeness (QED) is 0.243. The number of hydrogen-bond acceptors (Lipinski definition) is 7. The summed E-state index contributed by atoms with van der Waals surface area (Å²) in [6.07, 6.45) is -2.07. The van der Waals surface area contributed by atoms with Crippen molar-refractivity contribution in [2.75, 3.05) is 18.8 Å². The van der Waals surface area contributed by atoms with E-state index in [-0.39, 0.29) is 57.5 Å². The van der Waals surface area contributed by atoms with Gasteiger partial charge < -0.3 is 15.2 Å². The molecule has 0 unspecified atom stereocenters. The van der Waals surface area contributed by atoms with Crippen LogP contribution in [0, 0.1) is 19.8 Å². The lowest BCUT2D eigenvalue weighted by molar-refractivity contribution is -0.137. The fourth-order valence-corrected chi connectivity index (χ4v) is 5.80. The maximum Gasteiger partial charge on any atom is 0.418 e. The van der Waals surface area contributed by atoms with Crippen molar-refractivity contribution in [2.24, 2.45) is 5.92 Å². The summed E-state index contributed by atoms with van der Waals surface area (Å²) >= 11 is 6.62. The summed E-state index contributed by atoms with van der Waals surface area (Å²) in [6.45, 7) is 10.9. The Kier molecular flexibility index (Phi) is 7.87. The van der Waals surface area contributed by atoms with Gasteiger partial charge in [0.2, 0.25) is 5.91 Å². The first-order valence-corrected chi connectivity index (χ1v) is 14.1. The Balaban J connectivity index is 1.86. The van der Waals surface area contributed by atoms with Crippen LogP contribution in [-0.4, -0.2) is 48.0 Å². The van der Waals surface area contributed by atoms with Gasteiger partial charge in [0.05, 0.1) is 27.5 Å². The molecule has 1 aliphatic heterocycles. The lowest BCUT2D eigenvalue weighted by atomic mass is 9.99. The Morgan fingerprint density at radius 3 is 2.43 bits per heavy atom. The molecule has 0 spiro atoms. The zero-order valence-electron chi connectivity index (χ0n) is 24.4. The number of nitrogen functional groups attached to an aromatic ring is 1. The third kappa shape index (κ3) is 5.25. The minimum atomic E-state index is -4.83. The van der Waals surface area contributed by atoms with Crippen LogP contribution in [-0.2, 0) is 17.5 Å². The minimum Gasteiger partial charge on any atom is -0.384 e. The number of carbonyl (C=O) groups is 1. The number of nitrogens with two attached hydrogens (primary N) is 1. The number of amides is 1. The lowest BCUT2D eigenvalue weighted by Gasteiger charge is -2.39. The van der Waals surface area contributed by atoms with E-state index in [9.17, 15) is 27.6 Å². The molecule has 4 aromatic heterocycles. The molecule has 5 heterocycles. The van der Waals surface area contributed by atoms with Gasteiger partial charge in [-0.1, -0.05) is 32.0 Å². The first kappa shape index (κ1) is 30.9. The van der Waals surface area contributed by atoms with Crippen molar-refractivity contribution in [2.45, 2.75) is 46.3 Å². The van der Waals surface area contributed by atoms with E-state index in [0.29, 0.717) is 30.0 Å². The van der Waals surface area contributed by atoms with E-state index in [1.165, 1.54) is 28.5 Å². The van der Waals surface area contributed by atoms with E-state index >= 15 is 0 Å². The Labute approximate surface area is 254 Å². The molecule has 0 aliphatic carbocycles. The number of aromatic nitrogens is 5. The van der Waals surface area contributed by atoms with Crippen molar-refractivity contribution in [3.63, 3.8) is 0 Å². The van der Waals surface area contributed by atoms with Crippen molar-refractivity contribution in [1.82, 2.24) is 29.0 Å². The average molecular weight is 628 g/mol. The van der Waals surface area contributed by atoms with Crippen LogP contribution in [0.1, 0.15) is 42.1 Å². The standard InChI is InChI=1S/C30H29ClF3N7O3/c1-6-21(42)39-11-17(12-39)13-40-19-10-18(31)24(25-22(30(32,33)34)16(5)9-20(35)37-25)38-27(19)41(29(44)28(40)43)26-15(4)7-8-36-23(26)14(2)3/h6-10,14,17H,1,11-13H2,2-5H3,(H2,35,37). The molecule has 44 heavy (non-hydrogen) atoms. The average Bonchev–Trinajstić information content (AvgIpc) is 2.91. The largest absolute Gasteiger partial charge is 0.418 e. The van der Waals surface area contributed by atoms with Crippen LogP contribution in [0.25, 0.3) is 28.2 Å². The highest BCUT2D eigenvalue weighted by atomic mass is 35.5. The predicted octanol–water partition coefficient (Wildman–Crippen LogP) is 4.64. The number of anilines is 1. The fourth-order valence-electron chi connectivity index (χ4n) is 5.57. The van der Waals surface area contributed by atoms with Crippen molar-refractivity contribution in [3.8, 4) is 17.1 Å². The van der Waals surface area contributed by atoms with Gasteiger partial charge in [0.25, 0.3) is 0 Å². The number of carbonyl (C=O) groups excluding carboxylic acids is 1. The normalized spacial score (nSPS) is 13.9. The molecule has 10 nitrogen and oxygen atoms in total. The smallest absolute Gasteiger partial charge is 0.384 e. The second-order valence-electron chi connectivity index (χ2n) is 11.1. The van der Waals surface area contributed by atoms with Gasteiger partial charge in [0, 0.05) is 31.7 Å². The topological polar surface area (TPSA) is 129 Å². The number of fused-ring (bicyclic) bond motifs is 1. The molecule has 1 amide bonds. The predicted molar refractivity (Wildman–Crippen MR) is 161 cm³/mol. The number of likely N-dealkylation sites (tertiary alicyclic amines) is 1. The summed E-state index contributed by atoms with van der Waals surface area (Å²) in [5.74, 6) is -0.823. The van der Waals surface area contributed by atoms with Crippen LogP contribution in [0.15, 0.2) is 46.6 Å². The maximum atomic E-state index is 14.3. The molecule has 4 aromatic rings. The summed E-state index contributed by atoms with van der Waals surface area (Å²) in [4.78, 5) is 54.1. The van der Waals surface area contributed by atoms with Crippen LogP contribution >= 0.6 is 11.6 Å². The highest BCUT2D eigenvalue weighted by Crippen LogP contribution is 2.41. The number of rotatable bonds is 6. The second-order valence-corrected chi connectivity index (χ2v) is 11.5. The molecule has 14 heteroatoms. The van der Waals surface area contributed by atoms with Crippen LogP contribution in [0.2, 0.25) is 5.02 Å². The highest BCUT2D eigenvalue weighted by Gasteiger charge is 2.38. The molecule has 0 bridgehead atoms. The van der Waals surface area contributed by atoms with E-state index in [0.717, 1.165) is 10.6 Å². The molecule has 1 fully saturated rings. The summed E-state index contributed by atoms with van der Waals surface area (Å²) in [6, 6.07) is 4.07. The summed E-state index contributed by atoms with van der Waals surface area (Å²) < 4.78 is 45.2. The number of halogens is 4. The number of pyridine rings is 3. The molecule has 5 rings (SSSR count). The van der Waals surface area contributed by atoms with Crippen LogP contribution < -0.4 is 16.9 Å². The molecular formula is C30H29ClF3N7O3. The molecular weight excluding hydrogens is 599 g/mol. The Morgan fingerprint density at radius 1 is 1.14 bits per heavy atom. The lowest BCUT2D eigenvalue weighted by Crippen LogP contribution is -2.52. The first-order valence-electron chi connectivity index (χ1n) is 13.7. The molecule has 230 valence electrons. The second kappa shape index (κ2) is 11.2. The first-order chi connectivity index (χ1) is 20.6. The highest BCUT2D eigenvalue weighted by molar-refractivity contribution is 6.33. The van der Waals surface area contributed by atoms with Gasteiger partial charge in [-0.15, -0.1) is 0 Å². The monoisotopic (exact) mass is 627 g/mol. The van der Waals surface area contributed by atoms with Gasteiger partial charge in [0.15, 0.2) is 5.65 Å². The molecule has 1 saturated heterocycles. The number of hydrogen-bond donors (Lipinski definition) is 1. The van der Waals surface area contributed by atoms with E-state index in [1.54, 1.807) is 19.2 Å². The van der Waals surface area contributed by atoms with E-state index in [2.05, 4.69) is 21.5 Å². The zero-order chi connectivity index (χ0) is 32.2. The third-order valence-corrected chi connectivity index (χ3v) is 7.91. The summed E-state index contributed by atoms with van der Waals surface area (Å²) in [7, 11) is 0. The zero-order valence-corrected chi connectivity index (χ0v) is 25.1. The number of aryl methyl sites for hydroxylation is 2. The van der Waals surface area contributed by atoms with E-state index in [1.807, 2.05) is 13.8 Å². The van der Waals surface area contributed by atoms with Gasteiger partial charge in [0.1, 0.15) is 17.2 Å². The van der Waals surface area contributed by atoms with Crippen LogP contribution in [0.3, 0.4) is 0 Å².